The van der Waals surface area contributed by atoms with Crippen molar-refractivity contribution in [3.05, 3.63) is 36.7 Å². The van der Waals surface area contributed by atoms with E-state index in [-0.39, 0.29) is 0 Å². The second kappa shape index (κ2) is 9.13. The number of furan rings is 1. The summed E-state index contributed by atoms with van der Waals surface area (Å²) < 4.78 is 13.5. The van der Waals surface area contributed by atoms with Gasteiger partial charge in [0, 0.05) is 32.4 Å². The minimum absolute atomic E-state index is 0.409. The summed E-state index contributed by atoms with van der Waals surface area (Å²) in [7, 11) is 2.09. The fourth-order valence-corrected chi connectivity index (χ4v) is 4.29. The molecule has 0 aromatic carbocycles. The Bertz CT molecular complexity index is 1200. The first-order chi connectivity index (χ1) is 15.7. The molecule has 0 atom stereocenters. The van der Waals surface area contributed by atoms with Gasteiger partial charge >= 0.3 is 0 Å². The van der Waals surface area contributed by atoms with E-state index >= 15 is 0 Å². The van der Waals surface area contributed by atoms with Crippen molar-refractivity contribution in [2.24, 2.45) is 5.73 Å². The van der Waals surface area contributed by atoms with Crippen LogP contribution in [0.25, 0.3) is 28.1 Å². The fourth-order valence-electron chi connectivity index (χ4n) is 4.29. The molecular weight excluding hydrogens is 406 g/mol. The molecule has 4 aromatic rings. The Morgan fingerprint density at radius 1 is 1.19 bits per heavy atom. The quantitative estimate of drug-likeness (QED) is 0.429. The number of likely N-dealkylation sites (tertiary alicyclic amines) is 1. The third-order valence-electron chi connectivity index (χ3n) is 5.91. The molecule has 0 amide bonds. The molecule has 1 fully saturated rings. The van der Waals surface area contributed by atoms with Crippen LogP contribution >= 0.6 is 0 Å². The molecule has 1 aliphatic rings. The van der Waals surface area contributed by atoms with Crippen molar-refractivity contribution in [1.82, 2.24) is 24.5 Å². The van der Waals surface area contributed by atoms with Gasteiger partial charge in [-0.15, -0.1) is 5.10 Å². The van der Waals surface area contributed by atoms with Crippen LogP contribution in [-0.2, 0) is 0 Å². The minimum atomic E-state index is 0.409. The summed E-state index contributed by atoms with van der Waals surface area (Å²) in [6.07, 6.45) is 7.33. The molecule has 2 N–H and O–H groups in total. The maximum absolute atomic E-state index is 6.18. The highest BCUT2D eigenvalue weighted by Gasteiger charge is 2.17. The van der Waals surface area contributed by atoms with Crippen LogP contribution in [0.5, 0.6) is 5.88 Å². The van der Waals surface area contributed by atoms with E-state index in [9.17, 15) is 0 Å². The Morgan fingerprint density at radius 2 is 2.06 bits per heavy atom. The molecule has 9 heteroatoms. The van der Waals surface area contributed by atoms with E-state index in [1.807, 2.05) is 18.2 Å². The van der Waals surface area contributed by atoms with Crippen LogP contribution in [0.3, 0.4) is 0 Å². The van der Waals surface area contributed by atoms with Gasteiger partial charge in [-0.2, -0.15) is 0 Å². The van der Waals surface area contributed by atoms with Crippen LogP contribution < -0.4 is 15.4 Å². The summed E-state index contributed by atoms with van der Waals surface area (Å²) >= 11 is 0. The van der Waals surface area contributed by atoms with Crippen molar-refractivity contribution >= 4 is 22.4 Å². The molecule has 0 spiro atoms. The Hall–Kier alpha value is -3.17. The standard InChI is InChI=1S/C23H29N7O2/c1-28(10-4-13-29-11-2-3-12-29)23-17-15-20(32-19(17)7-9-25-23)18-16-26-21-5-6-22(27-30(18)21)31-14-8-24/h5-7,9,15-16H,2-4,8,10-14,24H2,1H3. The van der Waals surface area contributed by atoms with Gasteiger partial charge in [-0.3, -0.25) is 0 Å². The third-order valence-corrected chi connectivity index (χ3v) is 5.91. The maximum atomic E-state index is 6.18. The van der Waals surface area contributed by atoms with Gasteiger partial charge in [0.05, 0.1) is 11.6 Å². The van der Waals surface area contributed by atoms with Crippen LogP contribution in [0.2, 0.25) is 0 Å². The second-order valence-electron chi connectivity index (χ2n) is 8.20. The topological polar surface area (TPSA) is 98.0 Å². The summed E-state index contributed by atoms with van der Waals surface area (Å²) in [5, 5.41) is 5.52. The summed E-state index contributed by atoms with van der Waals surface area (Å²) in [6.45, 7) is 5.39. The molecule has 1 saturated heterocycles. The summed E-state index contributed by atoms with van der Waals surface area (Å²) in [5.74, 6) is 2.11. The van der Waals surface area contributed by atoms with E-state index in [4.69, 9.17) is 14.9 Å². The first kappa shape index (κ1) is 20.7. The van der Waals surface area contributed by atoms with Gasteiger partial charge in [0.2, 0.25) is 5.88 Å². The molecule has 32 heavy (non-hydrogen) atoms. The average molecular weight is 436 g/mol. The molecule has 0 radical (unpaired) electrons. The van der Waals surface area contributed by atoms with Gasteiger partial charge in [-0.1, -0.05) is 0 Å². The van der Waals surface area contributed by atoms with Crippen LogP contribution in [0.15, 0.2) is 41.1 Å². The highest BCUT2D eigenvalue weighted by molar-refractivity contribution is 5.91. The van der Waals surface area contributed by atoms with Crippen molar-refractivity contribution in [1.29, 1.82) is 0 Å². The van der Waals surface area contributed by atoms with Crippen LogP contribution in [0, 0.1) is 0 Å². The first-order valence-corrected chi connectivity index (χ1v) is 11.2. The fraction of sp³-hybridized carbons (Fsp3) is 0.435. The van der Waals surface area contributed by atoms with Crippen molar-refractivity contribution < 1.29 is 9.15 Å². The average Bonchev–Trinajstić information content (AvgIpc) is 3.55. The highest BCUT2D eigenvalue weighted by atomic mass is 16.5. The molecule has 9 nitrogen and oxygen atoms in total. The van der Waals surface area contributed by atoms with Crippen LogP contribution in [-0.4, -0.2) is 70.9 Å². The molecule has 5 rings (SSSR count). The predicted octanol–water partition coefficient (Wildman–Crippen LogP) is 2.80. The van der Waals surface area contributed by atoms with E-state index in [1.165, 1.54) is 25.9 Å². The highest BCUT2D eigenvalue weighted by Crippen LogP contribution is 2.32. The lowest BCUT2D eigenvalue weighted by Crippen LogP contribution is -2.26. The smallest absolute Gasteiger partial charge is 0.231 e. The van der Waals surface area contributed by atoms with E-state index in [0.29, 0.717) is 24.8 Å². The maximum Gasteiger partial charge on any atom is 0.231 e. The number of anilines is 1. The van der Waals surface area contributed by atoms with Gasteiger partial charge in [-0.05, 0) is 57.1 Å². The number of ether oxygens (including phenoxy) is 1. The molecule has 4 aromatic heterocycles. The Labute approximate surface area is 186 Å². The van der Waals surface area contributed by atoms with Gasteiger partial charge in [0.15, 0.2) is 11.4 Å². The van der Waals surface area contributed by atoms with Crippen molar-refractivity contribution in [2.75, 3.05) is 51.3 Å². The van der Waals surface area contributed by atoms with Gasteiger partial charge in [-0.25, -0.2) is 14.5 Å². The number of imidazole rings is 1. The summed E-state index contributed by atoms with van der Waals surface area (Å²) in [6, 6.07) is 7.58. The lowest BCUT2D eigenvalue weighted by Gasteiger charge is -2.21. The Morgan fingerprint density at radius 3 is 2.91 bits per heavy atom. The minimum Gasteiger partial charge on any atom is -0.475 e. The second-order valence-corrected chi connectivity index (χ2v) is 8.20. The SMILES string of the molecule is CN(CCCN1CCCC1)c1nccc2oc(-c3cnc4ccc(OCCN)nn34)cc12. The monoisotopic (exact) mass is 435 g/mol. The molecule has 0 aliphatic carbocycles. The van der Waals surface area contributed by atoms with E-state index in [0.717, 1.165) is 47.6 Å². The molecule has 168 valence electrons. The van der Waals surface area contributed by atoms with Gasteiger partial charge in [0.1, 0.15) is 23.7 Å². The van der Waals surface area contributed by atoms with Crippen molar-refractivity contribution in [3.63, 3.8) is 0 Å². The third kappa shape index (κ3) is 4.13. The van der Waals surface area contributed by atoms with E-state index in [2.05, 4.69) is 31.9 Å². The number of hydrogen-bond acceptors (Lipinski definition) is 8. The molecule has 5 heterocycles. The van der Waals surface area contributed by atoms with Crippen molar-refractivity contribution in [2.45, 2.75) is 19.3 Å². The van der Waals surface area contributed by atoms with Gasteiger partial charge in [0.25, 0.3) is 0 Å². The van der Waals surface area contributed by atoms with Crippen LogP contribution in [0.1, 0.15) is 19.3 Å². The van der Waals surface area contributed by atoms with Gasteiger partial charge < -0.3 is 24.7 Å². The lowest BCUT2D eigenvalue weighted by molar-refractivity contribution is 0.310. The zero-order valence-electron chi connectivity index (χ0n) is 18.4. The normalized spacial score (nSPS) is 14.6. The van der Waals surface area contributed by atoms with E-state index in [1.54, 1.807) is 23.0 Å². The summed E-state index contributed by atoms with van der Waals surface area (Å²) in [4.78, 5) is 13.9. The summed E-state index contributed by atoms with van der Waals surface area (Å²) in [5.41, 5.74) is 7.81. The zero-order valence-corrected chi connectivity index (χ0v) is 18.4. The molecule has 0 saturated carbocycles. The molecule has 1 aliphatic heterocycles. The number of aromatic nitrogens is 4. The first-order valence-electron chi connectivity index (χ1n) is 11.2. The van der Waals surface area contributed by atoms with Crippen LogP contribution in [0.4, 0.5) is 5.82 Å². The number of nitrogens with two attached hydrogens (primary N) is 1. The molecule has 0 bridgehead atoms. The number of hydrogen-bond donors (Lipinski definition) is 1. The molecular formula is C23H29N7O2. The Balaban J connectivity index is 1.40. The molecule has 0 unspecified atom stereocenters. The lowest BCUT2D eigenvalue weighted by atomic mass is 10.2. The number of nitrogens with zero attached hydrogens (tertiary/aromatic N) is 6. The zero-order chi connectivity index (χ0) is 21.9. The Kier molecular flexibility index (Phi) is 5.91. The largest absolute Gasteiger partial charge is 0.475 e. The number of fused-ring (bicyclic) bond motifs is 2. The number of pyridine rings is 1. The number of rotatable bonds is 9. The predicted molar refractivity (Wildman–Crippen MR) is 124 cm³/mol. The van der Waals surface area contributed by atoms with E-state index < -0.39 is 0 Å². The van der Waals surface area contributed by atoms with Crippen molar-refractivity contribution in [3.8, 4) is 17.3 Å².